The van der Waals surface area contributed by atoms with Gasteiger partial charge in [-0.3, -0.25) is 4.99 Å². The van der Waals surface area contributed by atoms with Crippen molar-refractivity contribution in [3.63, 3.8) is 0 Å². The van der Waals surface area contributed by atoms with Gasteiger partial charge in [-0.25, -0.2) is 0 Å². The van der Waals surface area contributed by atoms with E-state index in [1.165, 1.54) is 0 Å². The monoisotopic (exact) mass is 97.1 g/mol. The first-order valence-electron chi connectivity index (χ1n) is 2.36. The summed E-state index contributed by atoms with van der Waals surface area (Å²) in [4.78, 5) is 4.04. The molecule has 0 fully saturated rings. The van der Waals surface area contributed by atoms with E-state index < -0.39 is 0 Å². The molecule has 0 aliphatic heterocycles. The van der Waals surface area contributed by atoms with E-state index in [-0.39, 0.29) is 0 Å². The van der Waals surface area contributed by atoms with E-state index in [9.17, 15) is 0 Å². The lowest BCUT2D eigenvalue weighted by atomic mass is 10.5. The molecule has 0 aromatic rings. The standard InChI is InChI=1S/C6H11N/c1-4-5-7-6(2)3/h4H,1,5H2,2-3H3. The maximum atomic E-state index is 4.04. The predicted molar refractivity (Wildman–Crippen MR) is 33.8 cm³/mol. The van der Waals surface area contributed by atoms with Gasteiger partial charge >= 0.3 is 0 Å². The van der Waals surface area contributed by atoms with Gasteiger partial charge in [-0.2, -0.15) is 0 Å². The van der Waals surface area contributed by atoms with Crippen LogP contribution in [0.4, 0.5) is 0 Å². The lowest BCUT2D eigenvalue weighted by Crippen LogP contribution is -1.80. The summed E-state index contributed by atoms with van der Waals surface area (Å²) in [5, 5.41) is 0. The Morgan fingerprint density at radius 2 is 2.29 bits per heavy atom. The minimum atomic E-state index is 0.752. The largest absolute Gasteiger partial charge is 0.291 e. The van der Waals surface area contributed by atoms with Gasteiger partial charge in [-0.1, -0.05) is 6.08 Å². The van der Waals surface area contributed by atoms with Gasteiger partial charge in [0.2, 0.25) is 0 Å². The Bertz CT molecular complexity index is 78.2. The molecule has 0 saturated heterocycles. The minimum Gasteiger partial charge on any atom is -0.291 e. The molecule has 0 rings (SSSR count). The normalized spacial score (nSPS) is 7.71. The van der Waals surface area contributed by atoms with Crippen LogP contribution in [0.15, 0.2) is 17.6 Å². The molecule has 0 aliphatic rings. The molecular formula is C6H11N. The van der Waals surface area contributed by atoms with Crippen molar-refractivity contribution in [1.29, 1.82) is 0 Å². The maximum Gasteiger partial charge on any atom is 0.0566 e. The van der Waals surface area contributed by atoms with E-state index in [1.807, 2.05) is 13.8 Å². The second-order valence-corrected chi connectivity index (χ2v) is 1.58. The molecule has 0 heterocycles. The summed E-state index contributed by atoms with van der Waals surface area (Å²) in [5.74, 6) is 0. The van der Waals surface area contributed by atoms with E-state index >= 15 is 0 Å². The van der Waals surface area contributed by atoms with Crippen molar-refractivity contribution < 1.29 is 0 Å². The quantitative estimate of drug-likeness (QED) is 0.367. The fourth-order valence-corrected chi connectivity index (χ4v) is 0.247. The van der Waals surface area contributed by atoms with Crippen LogP contribution in [0.5, 0.6) is 0 Å². The topological polar surface area (TPSA) is 12.4 Å². The average molecular weight is 97.2 g/mol. The van der Waals surface area contributed by atoms with Gasteiger partial charge in [-0.15, -0.1) is 6.58 Å². The highest BCUT2D eigenvalue weighted by Gasteiger charge is 1.70. The van der Waals surface area contributed by atoms with E-state index in [4.69, 9.17) is 0 Å². The Balaban J connectivity index is 3.25. The fourth-order valence-electron chi connectivity index (χ4n) is 0.247. The first-order chi connectivity index (χ1) is 3.27. The third-order valence-corrected chi connectivity index (χ3v) is 0.537. The van der Waals surface area contributed by atoms with Gasteiger partial charge in [0.05, 0.1) is 6.54 Å². The second kappa shape index (κ2) is 3.59. The molecule has 1 heteroatoms. The van der Waals surface area contributed by atoms with Crippen molar-refractivity contribution in [2.75, 3.05) is 6.54 Å². The van der Waals surface area contributed by atoms with Crippen LogP contribution in [0.25, 0.3) is 0 Å². The first-order valence-corrected chi connectivity index (χ1v) is 2.36. The highest BCUT2D eigenvalue weighted by atomic mass is 14.7. The molecule has 1 nitrogen and oxygen atoms in total. The van der Waals surface area contributed by atoms with E-state index in [0.29, 0.717) is 0 Å². The van der Waals surface area contributed by atoms with E-state index in [0.717, 1.165) is 12.3 Å². The molecule has 0 spiro atoms. The van der Waals surface area contributed by atoms with Crippen LogP contribution >= 0.6 is 0 Å². The number of aliphatic imine (C=N–C) groups is 1. The maximum absolute atomic E-state index is 4.04. The fraction of sp³-hybridized carbons (Fsp3) is 0.500. The highest BCUT2D eigenvalue weighted by Crippen LogP contribution is 1.73. The van der Waals surface area contributed by atoms with Crippen LogP contribution in [-0.4, -0.2) is 12.3 Å². The van der Waals surface area contributed by atoms with Crippen LogP contribution in [-0.2, 0) is 0 Å². The summed E-state index contributed by atoms with van der Waals surface area (Å²) >= 11 is 0. The Labute approximate surface area is 44.8 Å². The van der Waals surface area contributed by atoms with Crippen LogP contribution in [0.2, 0.25) is 0 Å². The van der Waals surface area contributed by atoms with Crippen LogP contribution < -0.4 is 0 Å². The van der Waals surface area contributed by atoms with E-state index in [2.05, 4.69) is 11.6 Å². The lowest BCUT2D eigenvalue weighted by molar-refractivity contribution is 1.23. The van der Waals surface area contributed by atoms with Gasteiger partial charge in [0.15, 0.2) is 0 Å². The molecule has 0 N–H and O–H groups in total. The summed E-state index contributed by atoms with van der Waals surface area (Å²) in [7, 11) is 0. The molecule has 0 amide bonds. The summed E-state index contributed by atoms with van der Waals surface area (Å²) in [6.07, 6.45) is 1.78. The Morgan fingerprint density at radius 3 is 2.43 bits per heavy atom. The SMILES string of the molecule is C=CCN=C(C)C. The number of rotatable bonds is 2. The van der Waals surface area contributed by atoms with Gasteiger partial charge in [-0.05, 0) is 13.8 Å². The van der Waals surface area contributed by atoms with Gasteiger partial charge < -0.3 is 0 Å². The van der Waals surface area contributed by atoms with Crippen LogP contribution in [0.3, 0.4) is 0 Å². The molecule has 0 bridgehead atoms. The summed E-state index contributed by atoms with van der Waals surface area (Å²) in [6, 6.07) is 0. The van der Waals surface area contributed by atoms with Crippen molar-refractivity contribution in [2.45, 2.75) is 13.8 Å². The third kappa shape index (κ3) is 5.41. The number of hydrogen-bond acceptors (Lipinski definition) is 1. The van der Waals surface area contributed by atoms with Crippen LogP contribution in [0, 0.1) is 0 Å². The molecule has 40 valence electrons. The second-order valence-electron chi connectivity index (χ2n) is 1.58. The molecule has 7 heavy (non-hydrogen) atoms. The van der Waals surface area contributed by atoms with Crippen molar-refractivity contribution in [3.05, 3.63) is 12.7 Å². The Hall–Kier alpha value is -0.590. The average Bonchev–Trinajstić information content (AvgIpc) is 1.61. The van der Waals surface area contributed by atoms with Gasteiger partial charge in [0, 0.05) is 5.71 Å². The highest BCUT2D eigenvalue weighted by molar-refractivity contribution is 5.79. The van der Waals surface area contributed by atoms with Crippen molar-refractivity contribution >= 4 is 5.71 Å². The Morgan fingerprint density at radius 1 is 1.71 bits per heavy atom. The third-order valence-electron chi connectivity index (χ3n) is 0.537. The molecule has 0 radical (unpaired) electrons. The summed E-state index contributed by atoms with van der Waals surface area (Å²) < 4.78 is 0. The lowest BCUT2D eigenvalue weighted by Gasteiger charge is -1.82. The zero-order valence-electron chi connectivity index (χ0n) is 4.94. The van der Waals surface area contributed by atoms with E-state index in [1.54, 1.807) is 6.08 Å². The summed E-state index contributed by atoms with van der Waals surface area (Å²) in [5.41, 5.74) is 1.11. The first kappa shape index (κ1) is 6.41. The summed E-state index contributed by atoms with van der Waals surface area (Å²) in [6.45, 7) is 8.23. The molecule has 0 unspecified atom stereocenters. The molecular weight excluding hydrogens is 86.1 g/mol. The van der Waals surface area contributed by atoms with Gasteiger partial charge in [0.25, 0.3) is 0 Å². The van der Waals surface area contributed by atoms with Crippen molar-refractivity contribution in [3.8, 4) is 0 Å². The Kier molecular flexibility index (Phi) is 3.29. The zero-order valence-corrected chi connectivity index (χ0v) is 4.94. The number of nitrogens with zero attached hydrogens (tertiary/aromatic N) is 1. The predicted octanol–water partition coefficient (Wildman–Crippen LogP) is 1.65. The van der Waals surface area contributed by atoms with Crippen molar-refractivity contribution in [1.82, 2.24) is 0 Å². The molecule has 0 aliphatic carbocycles. The van der Waals surface area contributed by atoms with Gasteiger partial charge in [0.1, 0.15) is 0 Å². The van der Waals surface area contributed by atoms with Crippen LogP contribution in [0.1, 0.15) is 13.8 Å². The smallest absolute Gasteiger partial charge is 0.0566 e. The molecule has 0 saturated carbocycles. The zero-order chi connectivity index (χ0) is 5.70. The molecule has 0 aromatic heterocycles. The number of hydrogen-bond donors (Lipinski definition) is 0. The molecule has 0 atom stereocenters. The van der Waals surface area contributed by atoms with Crippen molar-refractivity contribution in [2.24, 2.45) is 4.99 Å². The molecule has 0 aromatic carbocycles. The minimum absolute atomic E-state index is 0.752.